The largest absolute Gasteiger partial charge is 0.392 e. The molecule has 1 aliphatic carbocycles. The maximum absolute atomic E-state index is 9.06. The Morgan fingerprint density at radius 1 is 1.23 bits per heavy atom. The van der Waals surface area contributed by atoms with E-state index in [1.54, 1.807) is 0 Å². The Kier molecular flexibility index (Phi) is 5.14. The molecule has 0 aromatic rings. The summed E-state index contributed by atoms with van der Waals surface area (Å²) in [5.41, 5.74) is 1.23. The van der Waals surface area contributed by atoms with Crippen LogP contribution in [-0.4, -0.2) is 11.7 Å². The summed E-state index contributed by atoms with van der Waals surface area (Å²) in [7, 11) is 0. The maximum Gasteiger partial charge on any atom is 0.0641 e. The van der Waals surface area contributed by atoms with Crippen molar-refractivity contribution >= 4 is 0 Å². The van der Waals surface area contributed by atoms with Gasteiger partial charge in [-0.05, 0) is 30.8 Å². The molecule has 13 heavy (non-hydrogen) atoms. The van der Waals surface area contributed by atoms with Crippen LogP contribution in [0.5, 0.6) is 0 Å². The molecule has 1 rings (SSSR count). The number of hydrogen-bond donors (Lipinski definition) is 1. The van der Waals surface area contributed by atoms with Gasteiger partial charge in [0.25, 0.3) is 0 Å². The molecule has 0 spiro atoms. The van der Waals surface area contributed by atoms with Gasteiger partial charge in [0, 0.05) is 0 Å². The van der Waals surface area contributed by atoms with Crippen molar-refractivity contribution in [2.45, 2.75) is 51.9 Å². The highest BCUT2D eigenvalue weighted by Crippen LogP contribution is 2.25. The summed E-state index contributed by atoms with van der Waals surface area (Å²) in [6.07, 6.45) is 11.6. The van der Waals surface area contributed by atoms with Crippen LogP contribution >= 0.6 is 0 Å². The second-order valence-electron chi connectivity index (χ2n) is 4.09. The number of allylic oxidation sites excluding steroid dienone is 1. The van der Waals surface area contributed by atoms with Gasteiger partial charge in [0.1, 0.15) is 0 Å². The lowest BCUT2D eigenvalue weighted by atomic mass is 9.97. The van der Waals surface area contributed by atoms with Gasteiger partial charge in [0.05, 0.1) is 6.61 Å². The summed E-state index contributed by atoms with van der Waals surface area (Å²) < 4.78 is 0. The van der Waals surface area contributed by atoms with E-state index in [4.69, 9.17) is 5.11 Å². The smallest absolute Gasteiger partial charge is 0.0641 e. The lowest BCUT2D eigenvalue weighted by molar-refractivity contribution is 0.325. The average molecular weight is 182 g/mol. The Labute approximate surface area is 81.9 Å². The predicted molar refractivity (Wildman–Crippen MR) is 56.7 cm³/mol. The maximum atomic E-state index is 9.06. The molecule has 0 heterocycles. The highest BCUT2D eigenvalue weighted by atomic mass is 16.3. The third-order valence-corrected chi connectivity index (χ3v) is 3.03. The summed E-state index contributed by atoms with van der Waals surface area (Å²) in [6, 6.07) is 0. The van der Waals surface area contributed by atoms with E-state index in [1.165, 1.54) is 44.1 Å². The molecule has 0 bridgehead atoms. The Hall–Kier alpha value is -0.300. The SMILES string of the molecule is CC/C(=C\C1CCCCCC1)CO. The summed E-state index contributed by atoms with van der Waals surface area (Å²) >= 11 is 0. The van der Waals surface area contributed by atoms with Crippen LogP contribution in [0.3, 0.4) is 0 Å². The fraction of sp³-hybridized carbons (Fsp3) is 0.833. The standard InChI is InChI=1S/C12H22O/c1-2-11(10-13)9-12-7-5-3-4-6-8-12/h9,12-13H,2-8,10H2,1H3/b11-9+. The van der Waals surface area contributed by atoms with Gasteiger partial charge >= 0.3 is 0 Å². The van der Waals surface area contributed by atoms with Crippen LogP contribution in [0.1, 0.15) is 51.9 Å². The average Bonchev–Trinajstić information content (AvgIpc) is 2.42. The van der Waals surface area contributed by atoms with Crippen LogP contribution in [0, 0.1) is 5.92 Å². The minimum Gasteiger partial charge on any atom is -0.392 e. The van der Waals surface area contributed by atoms with Crippen molar-refractivity contribution in [3.8, 4) is 0 Å². The normalized spacial score (nSPS) is 21.5. The first kappa shape index (κ1) is 10.8. The van der Waals surface area contributed by atoms with E-state index < -0.39 is 0 Å². The minimum atomic E-state index is 0.257. The van der Waals surface area contributed by atoms with Crippen LogP contribution in [0.25, 0.3) is 0 Å². The van der Waals surface area contributed by atoms with Gasteiger partial charge in [0.2, 0.25) is 0 Å². The number of rotatable bonds is 3. The molecular weight excluding hydrogens is 160 g/mol. The van der Waals surface area contributed by atoms with Crippen LogP contribution in [-0.2, 0) is 0 Å². The molecule has 76 valence electrons. The van der Waals surface area contributed by atoms with Crippen molar-refractivity contribution in [1.82, 2.24) is 0 Å². The zero-order chi connectivity index (χ0) is 9.52. The van der Waals surface area contributed by atoms with Gasteiger partial charge in [0.15, 0.2) is 0 Å². The van der Waals surface area contributed by atoms with E-state index in [1.807, 2.05) is 0 Å². The van der Waals surface area contributed by atoms with Crippen molar-refractivity contribution in [3.05, 3.63) is 11.6 Å². The molecule has 1 N–H and O–H groups in total. The van der Waals surface area contributed by atoms with E-state index in [0.29, 0.717) is 0 Å². The van der Waals surface area contributed by atoms with E-state index in [9.17, 15) is 0 Å². The third-order valence-electron chi connectivity index (χ3n) is 3.03. The zero-order valence-corrected chi connectivity index (χ0v) is 8.76. The number of hydrogen-bond acceptors (Lipinski definition) is 1. The van der Waals surface area contributed by atoms with E-state index in [2.05, 4.69) is 13.0 Å². The molecule has 1 nitrogen and oxygen atoms in total. The molecule has 0 aromatic heterocycles. The van der Waals surface area contributed by atoms with E-state index in [-0.39, 0.29) is 6.61 Å². The molecular formula is C12H22O. The molecule has 0 aliphatic heterocycles. The monoisotopic (exact) mass is 182 g/mol. The molecule has 0 aromatic carbocycles. The molecule has 1 saturated carbocycles. The van der Waals surface area contributed by atoms with Gasteiger partial charge in [-0.25, -0.2) is 0 Å². The molecule has 0 amide bonds. The Bertz CT molecular complexity index is 147. The molecule has 1 heteroatoms. The summed E-state index contributed by atoms with van der Waals surface area (Å²) in [6.45, 7) is 2.38. The van der Waals surface area contributed by atoms with Crippen molar-refractivity contribution in [1.29, 1.82) is 0 Å². The van der Waals surface area contributed by atoms with Gasteiger partial charge in [-0.2, -0.15) is 0 Å². The summed E-state index contributed by atoms with van der Waals surface area (Å²) in [5, 5.41) is 9.06. The van der Waals surface area contributed by atoms with Crippen LogP contribution in [0.4, 0.5) is 0 Å². The van der Waals surface area contributed by atoms with Crippen molar-refractivity contribution in [2.75, 3.05) is 6.61 Å². The van der Waals surface area contributed by atoms with Gasteiger partial charge < -0.3 is 5.11 Å². The van der Waals surface area contributed by atoms with Gasteiger partial charge in [-0.1, -0.05) is 38.7 Å². The highest BCUT2D eigenvalue weighted by Gasteiger charge is 2.09. The number of aliphatic hydroxyl groups excluding tert-OH is 1. The van der Waals surface area contributed by atoms with E-state index >= 15 is 0 Å². The second-order valence-corrected chi connectivity index (χ2v) is 4.09. The Balaban J connectivity index is 2.43. The van der Waals surface area contributed by atoms with Crippen molar-refractivity contribution < 1.29 is 5.11 Å². The number of aliphatic hydroxyl groups is 1. The van der Waals surface area contributed by atoms with Crippen LogP contribution < -0.4 is 0 Å². The minimum absolute atomic E-state index is 0.257. The highest BCUT2D eigenvalue weighted by molar-refractivity contribution is 5.04. The van der Waals surface area contributed by atoms with Gasteiger partial charge in [-0.3, -0.25) is 0 Å². The second kappa shape index (κ2) is 6.20. The Morgan fingerprint density at radius 2 is 1.85 bits per heavy atom. The van der Waals surface area contributed by atoms with Crippen molar-refractivity contribution in [2.24, 2.45) is 5.92 Å². The lowest BCUT2D eigenvalue weighted by Gasteiger charge is -2.10. The molecule has 0 saturated heterocycles. The first-order valence-corrected chi connectivity index (χ1v) is 5.67. The Morgan fingerprint density at radius 3 is 2.31 bits per heavy atom. The predicted octanol–water partition coefficient (Wildman–Crippen LogP) is 3.29. The topological polar surface area (TPSA) is 20.2 Å². The molecule has 0 atom stereocenters. The van der Waals surface area contributed by atoms with Gasteiger partial charge in [-0.15, -0.1) is 0 Å². The summed E-state index contributed by atoms with van der Waals surface area (Å²) in [4.78, 5) is 0. The first-order chi connectivity index (χ1) is 6.36. The van der Waals surface area contributed by atoms with E-state index in [0.717, 1.165) is 12.3 Å². The fourth-order valence-corrected chi connectivity index (χ4v) is 2.09. The fourth-order valence-electron chi connectivity index (χ4n) is 2.09. The molecule has 1 fully saturated rings. The summed E-state index contributed by atoms with van der Waals surface area (Å²) in [5.74, 6) is 0.754. The molecule has 0 radical (unpaired) electrons. The third kappa shape index (κ3) is 3.95. The quantitative estimate of drug-likeness (QED) is 0.524. The van der Waals surface area contributed by atoms with Crippen LogP contribution in [0.15, 0.2) is 11.6 Å². The lowest BCUT2D eigenvalue weighted by Crippen LogP contribution is -1.98. The molecule has 0 unspecified atom stereocenters. The van der Waals surface area contributed by atoms with Crippen molar-refractivity contribution in [3.63, 3.8) is 0 Å². The van der Waals surface area contributed by atoms with Crippen LogP contribution in [0.2, 0.25) is 0 Å². The zero-order valence-electron chi connectivity index (χ0n) is 8.76. The molecule has 1 aliphatic rings. The first-order valence-electron chi connectivity index (χ1n) is 5.67.